The molecular weight excluding hydrogens is 352 g/mol. The van der Waals surface area contributed by atoms with E-state index in [-0.39, 0.29) is 22.2 Å². The van der Waals surface area contributed by atoms with Gasteiger partial charge in [-0.05, 0) is 47.6 Å². The first-order valence-electron chi connectivity index (χ1n) is 10.1. The zero-order valence-corrected chi connectivity index (χ0v) is 19.6. The lowest BCUT2D eigenvalue weighted by atomic mass is 9.71. The Morgan fingerprint density at radius 2 is 1.29 bits per heavy atom. The number of ether oxygens (including phenoxy) is 3. The number of carbonyl (C=O) groups excluding carboxylic acids is 1. The molecule has 160 valence electrons. The standard InChI is InChI=1S/C24H40O4/c1-22(2,3)16-24(6,7)18-15-19(26-8)17(14-20(18)27-9)23(4,5)13-11-12-21(25)28-10/h14-15H,11-13,16H2,1-10H3. The van der Waals surface area contributed by atoms with Crippen LogP contribution in [-0.4, -0.2) is 27.3 Å². The summed E-state index contributed by atoms with van der Waals surface area (Å²) in [5.41, 5.74) is 2.26. The molecule has 0 saturated heterocycles. The molecular formula is C24H40O4. The fourth-order valence-electron chi connectivity index (χ4n) is 4.29. The van der Waals surface area contributed by atoms with Gasteiger partial charge in [-0.25, -0.2) is 0 Å². The van der Waals surface area contributed by atoms with Crippen molar-refractivity contribution >= 4 is 5.97 Å². The summed E-state index contributed by atoms with van der Waals surface area (Å²) in [4.78, 5) is 11.5. The zero-order valence-electron chi connectivity index (χ0n) is 19.6. The predicted molar refractivity (Wildman–Crippen MR) is 116 cm³/mol. The summed E-state index contributed by atoms with van der Waals surface area (Å²) in [5, 5.41) is 0. The maximum absolute atomic E-state index is 11.5. The Morgan fingerprint density at radius 1 is 0.821 bits per heavy atom. The van der Waals surface area contributed by atoms with Crippen molar-refractivity contribution in [2.24, 2.45) is 5.41 Å². The maximum Gasteiger partial charge on any atom is 0.305 e. The fourth-order valence-corrected chi connectivity index (χ4v) is 4.29. The second-order valence-electron chi connectivity index (χ2n) is 10.2. The van der Waals surface area contributed by atoms with Gasteiger partial charge in [-0.15, -0.1) is 0 Å². The van der Waals surface area contributed by atoms with E-state index < -0.39 is 0 Å². The van der Waals surface area contributed by atoms with Gasteiger partial charge in [-0.1, -0.05) is 48.5 Å². The molecule has 0 fully saturated rings. The number of hydrogen-bond acceptors (Lipinski definition) is 4. The van der Waals surface area contributed by atoms with Crippen molar-refractivity contribution in [1.82, 2.24) is 0 Å². The van der Waals surface area contributed by atoms with Gasteiger partial charge in [0.15, 0.2) is 0 Å². The molecule has 1 aromatic rings. The van der Waals surface area contributed by atoms with Crippen molar-refractivity contribution in [3.8, 4) is 11.5 Å². The van der Waals surface area contributed by atoms with Crippen molar-refractivity contribution in [3.63, 3.8) is 0 Å². The minimum Gasteiger partial charge on any atom is -0.496 e. The van der Waals surface area contributed by atoms with Crippen LogP contribution in [0.25, 0.3) is 0 Å². The van der Waals surface area contributed by atoms with E-state index in [1.807, 2.05) is 0 Å². The highest BCUT2D eigenvalue weighted by molar-refractivity contribution is 5.69. The SMILES string of the molecule is COC(=O)CCCC(C)(C)c1cc(OC)c(C(C)(C)CC(C)(C)C)cc1OC. The average molecular weight is 393 g/mol. The van der Waals surface area contributed by atoms with E-state index in [0.29, 0.717) is 6.42 Å². The van der Waals surface area contributed by atoms with Crippen molar-refractivity contribution in [3.05, 3.63) is 23.3 Å². The van der Waals surface area contributed by atoms with E-state index in [2.05, 4.69) is 60.6 Å². The lowest BCUT2D eigenvalue weighted by Crippen LogP contribution is -2.26. The van der Waals surface area contributed by atoms with Crippen molar-refractivity contribution in [2.45, 2.75) is 85.0 Å². The number of esters is 1. The van der Waals surface area contributed by atoms with Crippen LogP contribution in [0.2, 0.25) is 0 Å². The molecule has 0 saturated carbocycles. The molecule has 0 N–H and O–H groups in total. The largest absolute Gasteiger partial charge is 0.496 e. The molecule has 28 heavy (non-hydrogen) atoms. The van der Waals surface area contributed by atoms with Crippen LogP contribution in [0.5, 0.6) is 11.5 Å². The lowest BCUT2D eigenvalue weighted by molar-refractivity contribution is -0.140. The zero-order chi connectivity index (χ0) is 21.8. The molecule has 0 amide bonds. The monoisotopic (exact) mass is 392 g/mol. The predicted octanol–water partition coefficient (Wildman–Crippen LogP) is 6.04. The highest BCUT2D eigenvalue weighted by Crippen LogP contribution is 2.46. The molecule has 0 spiro atoms. The van der Waals surface area contributed by atoms with Gasteiger partial charge < -0.3 is 14.2 Å². The summed E-state index contributed by atoms with van der Waals surface area (Å²) in [6, 6.07) is 4.26. The normalized spacial score (nSPS) is 12.6. The highest BCUT2D eigenvalue weighted by Gasteiger charge is 2.33. The van der Waals surface area contributed by atoms with Gasteiger partial charge in [0.1, 0.15) is 11.5 Å². The first-order chi connectivity index (χ1) is 12.8. The van der Waals surface area contributed by atoms with E-state index in [9.17, 15) is 4.79 Å². The molecule has 0 radical (unpaired) electrons. The van der Waals surface area contributed by atoms with E-state index in [1.165, 1.54) is 7.11 Å². The number of hydrogen-bond donors (Lipinski definition) is 0. The molecule has 0 bridgehead atoms. The summed E-state index contributed by atoms with van der Waals surface area (Å²) in [7, 11) is 4.88. The molecule has 0 aliphatic heterocycles. The van der Waals surface area contributed by atoms with Crippen LogP contribution in [0.4, 0.5) is 0 Å². The van der Waals surface area contributed by atoms with Gasteiger partial charge in [0.2, 0.25) is 0 Å². The molecule has 0 heterocycles. The average Bonchev–Trinajstić information content (AvgIpc) is 2.57. The van der Waals surface area contributed by atoms with Gasteiger partial charge in [0, 0.05) is 17.5 Å². The third-order valence-electron chi connectivity index (χ3n) is 5.36. The van der Waals surface area contributed by atoms with Crippen LogP contribution in [-0.2, 0) is 20.4 Å². The van der Waals surface area contributed by atoms with Gasteiger partial charge in [0.05, 0.1) is 21.3 Å². The molecule has 1 aromatic carbocycles. The Kier molecular flexibility index (Phi) is 7.99. The van der Waals surface area contributed by atoms with Crippen LogP contribution < -0.4 is 9.47 Å². The quantitative estimate of drug-likeness (QED) is 0.481. The van der Waals surface area contributed by atoms with Crippen LogP contribution in [0, 0.1) is 5.41 Å². The topological polar surface area (TPSA) is 44.8 Å². The molecule has 0 unspecified atom stereocenters. The number of carbonyl (C=O) groups is 1. The molecule has 0 atom stereocenters. The van der Waals surface area contributed by atoms with E-state index in [0.717, 1.165) is 41.9 Å². The van der Waals surface area contributed by atoms with E-state index in [1.54, 1.807) is 14.2 Å². The first kappa shape index (κ1) is 24.3. The molecule has 0 aliphatic rings. The molecule has 4 nitrogen and oxygen atoms in total. The van der Waals surface area contributed by atoms with Crippen LogP contribution >= 0.6 is 0 Å². The Labute approximate surface area is 172 Å². The van der Waals surface area contributed by atoms with Gasteiger partial charge in [-0.2, -0.15) is 0 Å². The molecule has 0 aliphatic carbocycles. The summed E-state index contributed by atoms with van der Waals surface area (Å²) < 4.78 is 16.4. The summed E-state index contributed by atoms with van der Waals surface area (Å²) in [6.45, 7) is 15.7. The van der Waals surface area contributed by atoms with Gasteiger partial charge in [0.25, 0.3) is 0 Å². The number of benzene rings is 1. The van der Waals surface area contributed by atoms with E-state index in [4.69, 9.17) is 14.2 Å². The molecule has 4 heteroatoms. The third-order valence-corrected chi connectivity index (χ3v) is 5.36. The number of rotatable bonds is 9. The van der Waals surface area contributed by atoms with Crippen LogP contribution in [0.3, 0.4) is 0 Å². The summed E-state index contributed by atoms with van der Waals surface area (Å²) in [6.07, 6.45) is 3.08. The maximum atomic E-state index is 11.5. The van der Waals surface area contributed by atoms with Gasteiger partial charge >= 0.3 is 5.97 Å². The smallest absolute Gasteiger partial charge is 0.305 e. The number of methoxy groups -OCH3 is 3. The lowest BCUT2D eigenvalue weighted by Gasteiger charge is -2.35. The fraction of sp³-hybridized carbons (Fsp3) is 0.708. The Morgan fingerprint density at radius 3 is 1.68 bits per heavy atom. The Balaban J connectivity index is 3.31. The second-order valence-corrected chi connectivity index (χ2v) is 10.2. The molecule has 1 rings (SSSR count). The van der Waals surface area contributed by atoms with Crippen molar-refractivity contribution in [1.29, 1.82) is 0 Å². The van der Waals surface area contributed by atoms with Gasteiger partial charge in [-0.3, -0.25) is 4.79 Å². The minimum atomic E-state index is -0.167. The summed E-state index contributed by atoms with van der Waals surface area (Å²) in [5.74, 6) is 1.60. The minimum absolute atomic E-state index is 0.0512. The molecule has 0 aromatic heterocycles. The highest BCUT2D eigenvalue weighted by atomic mass is 16.5. The Bertz CT molecular complexity index is 666. The van der Waals surface area contributed by atoms with E-state index >= 15 is 0 Å². The van der Waals surface area contributed by atoms with Crippen LogP contribution in [0.1, 0.15) is 85.3 Å². The third kappa shape index (κ3) is 6.42. The van der Waals surface area contributed by atoms with Crippen molar-refractivity contribution < 1.29 is 19.0 Å². The van der Waals surface area contributed by atoms with Crippen LogP contribution in [0.15, 0.2) is 12.1 Å². The van der Waals surface area contributed by atoms with Crippen molar-refractivity contribution in [2.75, 3.05) is 21.3 Å². The first-order valence-corrected chi connectivity index (χ1v) is 10.1. The second kappa shape index (κ2) is 9.19. The summed E-state index contributed by atoms with van der Waals surface area (Å²) >= 11 is 0. The Hall–Kier alpha value is -1.71.